The number of aromatic nitrogens is 2. The summed E-state index contributed by atoms with van der Waals surface area (Å²) in [6, 6.07) is 0.925. The van der Waals surface area contributed by atoms with Crippen molar-refractivity contribution in [3.05, 3.63) is 18.0 Å². The van der Waals surface area contributed by atoms with E-state index in [0.29, 0.717) is 10.4 Å². The van der Waals surface area contributed by atoms with Gasteiger partial charge in [0.15, 0.2) is 0 Å². The Morgan fingerprint density at radius 2 is 2.11 bits per heavy atom. The van der Waals surface area contributed by atoms with Gasteiger partial charge in [-0.25, -0.2) is 9.48 Å². The lowest BCUT2D eigenvalue weighted by Crippen LogP contribution is -2.34. The molecule has 1 aromatic heterocycles. The van der Waals surface area contributed by atoms with Crippen molar-refractivity contribution in [1.82, 2.24) is 15.1 Å². The summed E-state index contributed by atoms with van der Waals surface area (Å²) < 4.78 is 30.2. The monoisotopic (exact) mass is 261 g/mol. The number of hydrogen-bond acceptors (Lipinski definition) is 3. The van der Waals surface area contributed by atoms with Crippen LogP contribution in [0.5, 0.6) is 0 Å². The average Bonchev–Trinajstić information content (AvgIpc) is 2.62. The molecule has 0 saturated carbocycles. The molecule has 1 aromatic rings. The molecule has 1 amide bonds. The summed E-state index contributed by atoms with van der Waals surface area (Å²) >= 11 is 0. The highest BCUT2D eigenvalue weighted by Crippen LogP contribution is 2.15. The Labute approximate surface area is 104 Å². The van der Waals surface area contributed by atoms with Gasteiger partial charge in [0.05, 0.1) is 11.7 Å². The van der Waals surface area contributed by atoms with E-state index < -0.39 is 24.3 Å². The van der Waals surface area contributed by atoms with Crippen LogP contribution in [0.25, 0.3) is 0 Å². The second-order valence-corrected chi connectivity index (χ2v) is 4.87. The van der Waals surface area contributed by atoms with Gasteiger partial charge in [0.25, 0.3) is 0 Å². The summed E-state index contributed by atoms with van der Waals surface area (Å²) in [5, 5.41) is 6.18. The third kappa shape index (κ3) is 4.31. The van der Waals surface area contributed by atoms with Gasteiger partial charge >= 0.3 is 12.6 Å². The smallest absolute Gasteiger partial charge is 0.408 e. The minimum absolute atomic E-state index is 0.348. The molecular formula is C11H17F2N3O2. The van der Waals surface area contributed by atoms with E-state index in [9.17, 15) is 13.6 Å². The SMILES string of the molecule is CC(NC(=O)OC(C)(C)C)c1ccn(C(F)F)n1. The molecule has 1 N–H and O–H groups in total. The van der Waals surface area contributed by atoms with Gasteiger partial charge < -0.3 is 10.1 Å². The molecule has 0 spiro atoms. The van der Waals surface area contributed by atoms with E-state index in [1.165, 1.54) is 6.07 Å². The van der Waals surface area contributed by atoms with Crippen LogP contribution in [0.4, 0.5) is 13.6 Å². The molecule has 1 unspecified atom stereocenters. The lowest BCUT2D eigenvalue weighted by atomic mass is 10.2. The maximum Gasteiger partial charge on any atom is 0.408 e. The number of hydrogen-bond donors (Lipinski definition) is 1. The Hall–Kier alpha value is -1.66. The maximum absolute atomic E-state index is 12.3. The number of nitrogens with one attached hydrogen (secondary N) is 1. The molecule has 1 heterocycles. The standard InChI is InChI=1S/C11H17F2N3O2/c1-7(14-10(17)18-11(2,3)4)8-5-6-16(15-8)9(12)13/h5-7,9H,1-4H3,(H,14,17). The Morgan fingerprint density at radius 3 is 2.56 bits per heavy atom. The first kappa shape index (κ1) is 14.4. The first-order chi connectivity index (χ1) is 8.19. The van der Waals surface area contributed by atoms with Crippen molar-refractivity contribution < 1.29 is 18.3 Å². The van der Waals surface area contributed by atoms with Crippen molar-refractivity contribution in [3.8, 4) is 0 Å². The van der Waals surface area contributed by atoms with Gasteiger partial charge in [0, 0.05) is 6.20 Å². The summed E-state index contributed by atoms with van der Waals surface area (Å²) in [6.07, 6.45) is 0.550. The molecule has 0 aliphatic carbocycles. The molecule has 0 aliphatic heterocycles. The van der Waals surface area contributed by atoms with Gasteiger partial charge in [0.2, 0.25) is 0 Å². The van der Waals surface area contributed by atoms with Crippen LogP contribution in [0.3, 0.4) is 0 Å². The van der Waals surface area contributed by atoms with Gasteiger partial charge in [-0.2, -0.15) is 13.9 Å². The van der Waals surface area contributed by atoms with Crippen LogP contribution in [0, 0.1) is 0 Å². The van der Waals surface area contributed by atoms with Crippen LogP contribution in [0.15, 0.2) is 12.3 Å². The van der Waals surface area contributed by atoms with Crippen molar-refractivity contribution in [2.75, 3.05) is 0 Å². The Bertz CT molecular complexity index is 413. The van der Waals surface area contributed by atoms with E-state index in [1.54, 1.807) is 27.7 Å². The Balaban J connectivity index is 2.59. The molecule has 0 aliphatic rings. The van der Waals surface area contributed by atoms with Crippen LogP contribution in [-0.4, -0.2) is 21.5 Å². The fraction of sp³-hybridized carbons (Fsp3) is 0.636. The first-order valence-electron chi connectivity index (χ1n) is 5.52. The molecule has 1 atom stereocenters. The van der Waals surface area contributed by atoms with Crippen LogP contribution in [0.2, 0.25) is 0 Å². The fourth-order valence-electron chi connectivity index (χ4n) is 1.25. The second-order valence-electron chi connectivity index (χ2n) is 4.87. The van der Waals surface area contributed by atoms with Crippen LogP contribution >= 0.6 is 0 Å². The van der Waals surface area contributed by atoms with Crippen molar-refractivity contribution in [3.63, 3.8) is 0 Å². The topological polar surface area (TPSA) is 56.1 Å². The number of carbonyl (C=O) groups excluding carboxylic acids is 1. The van der Waals surface area contributed by atoms with E-state index in [4.69, 9.17) is 4.74 Å². The zero-order valence-corrected chi connectivity index (χ0v) is 10.8. The number of amides is 1. The Kier molecular flexibility index (Phi) is 4.26. The van der Waals surface area contributed by atoms with Crippen LogP contribution in [-0.2, 0) is 4.74 Å². The molecule has 0 saturated heterocycles. The molecule has 18 heavy (non-hydrogen) atoms. The van der Waals surface area contributed by atoms with Crippen molar-refractivity contribution in [2.45, 2.75) is 45.9 Å². The lowest BCUT2D eigenvalue weighted by Gasteiger charge is -2.21. The van der Waals surface area contributed by atoms with Gasteiger partial charge in [-0.15, -0.1) is 0 Å². The van der Waals surface area contributed by atoms with E-state index in [0.717, 1.165) is 6.20 Å². The summed E-state index contributed by atoms with van der Waals surface area (Å²) in [5.74, 6) is 0. The highest BCUT2D eigenvalue weighted by molar-refractivity contribution is 5.68. The molecule has 5 nitrogen and oxygen atoms in total. The van der Waals surface area contributed by atoms with E-state index in [-0.39, 0.29) is 0 Å². The van der Waals surface area contributed by atoms with Crippen molar-refractivity contribution in [1.29, 1.82) is 0 Å². The van der Waals surface area contributed by atoms with Gasteiger partial charge in [0.1, 0.15) is 5.60 Å². The first-order valence-corrected chi connectivity index (χ1v) is 5.52. The summed E-state index contributed by atoms with van der Waals surface area (Å²) in [7, 11) is 0. The normalized spacial score (nSPS) is 13.5. The zero-order chi connectivity index (χ0) is 13.9. The molecule has 102 valence electrons. The molecular weight excluding hydrogens is 244 g/mol. The summed E-state index contributed by atoms with van der Waals surface area (Å²) in [5.41, 5.74) is -0.257. The molecule has 1 rings (SSSR count). The van der Waals surface area contributed by atoms with Gasteiger partial charge in [-0.1, -0.05) is 0 Å². The molecule has 0 radical (unpaired) electrons. The highest BCUT2D eigenvalue weighted by Gasteiger charge is 2.19. The van der Waals surface area contributed by atoms with Gasteiger partial charge in [-0.3, -0.25) is 0 Å². The number of rotatable bonds is 3. The molecule has 7 heteroatoms. The molecule has 0 aromatic carbocycles. The number of alkyl halides is 2. The molecule has 0 bridgehead atoms. The van der Waals surface area contributed by atoms with Crippen molar-refractivity contribution >= 4 is 6.09 Å². The summed E-state index contributed by atoms with van der Waals surface area (Å²) in [4.78, 5) is 11.5. The van der Waals surface area contributed by atoms with Crippen molar-refractivity contribution in [2.24, 2.45) is 0 Å². The third-order valence-electron chi connectivity index (χ3n) is 2.01. The number of nitrogens with zero attached hydrogens (tertiary/aromatic N) is 2. The number of halogens is 2. The number of alkyl carbamates (subject to hydrolysis) is 1. The Morgan fingerprint density at radius 1 is 1.50 bits per heavy atom. The number of ether oxygens (including phenoxy) is 1. The predicted octanol–water partition coefficient (Wildman–Crippen LogP) is 2.86. The zero-order valence-electron chi connectivity index (χ0n) is 10.8. The van der Waals surface area contributed by atoms with Crippen LogP contribution < -0.4 is 5.32 Å². The second kappa shape index (κ2) is 5.32. The van der Waals surface area contributed by atoms with E-state index in [2.05, 4.69) is 10.4 Å². The maximum atomic E-state index is 12.3. The minimum Gasteiger partial charge on any atom is -0.444 e. The molecule has 0 fully saturated rings. The lowest BCUT2D eigenvalue weighted by molar-refractivity contribution is 0.0502. The quantitative estimate of drug-likeness (QED) is 0.910. The minimum atomic E-state index is -2.69. The highest BCUT2D eigenvalue weighted by atomic mass is 19.3. The largest absolute Gasteiger partial charge is 0.444 e. The average molecular weight is 261 g/mol. The van der Waals surface area contributed by atoms with E-state index in [1.807, 2.05) is 0 Å². The van der Waals surface area contributed by atoms with E-state index >= 15 is 0 Å². The third-order valence-corrected chi connectivity index (χ3v) is 2.01. The summed E-state index contributed by atoms with van der Waals surface area (Å²) in [6.45, 7) is 4.17. The van der Waals surface area contributed by atoms with Gasteiger partial charge in [-0.05, 0) is 33.8 Å². The van der Waals surface area contributed by atoms with Crippen LogP contribution in [0.1, 0.15) is 46.0 Å². The number of carbonyl (C=O) groups is 1. The predicted molar refractivity (Wildman–Crippen MR) is 61.3 cm³/mol. The fourth-order valence-corrected chi connectivity index (χ4v) is 1.25.